The molecule has 0 spiro atoms. The van der Waals surface area contributed by atoms with Crippen LogP contribution >= 0.6 is 0 Å². The van der Waals surface area contributed by atoms with Crippen molar-refractivity contribution in [2.24, 2.45) is 0 Å². The maximum absolute atomic E-state index is 10.1. The van der Waals surface area contributed by atoms with E-state index in [-0.39, 0.29) is 0 Å². The highest BCUT2D eigenvalue weighted by atomic mass is 16.6. The van der Waals surface area contributed by atoms with E-state index in [0.29, 0.717) is 5.69 Å². The van der Waals surface area contributed by atoms with Gasteiger partial charge < -0.3 is 0 Å². The third-order valence-corrected chi connectivity index (χ3v) is 1.99. The van der Waals surface area contributed by atoms with E-state index in [1.165, 1.54) is 6.08 Å². The number of para-hydroxylation sites is 1. The minimum atomic E-state index is -0.503. The predicted octanol–water partition coefficient (Wildman–Crippen LogP) is 2.48. The molecule has 1 aromatic carbocycles. The average molecular weight is 200 g/mol. The van der Waals surface area contributed by atoms with Gasteiger partial charge in [-0.05, 0) is 12.1 Å². The van der Waals surface area contributed by atoms with Crippen LogP contribution in [0.1, 0.15) is 5.69 Å². The average Bonchev–Trinajstić information content (AvgIpc) is 2.26. The fourth-order valence-corrected chi connectivity index (χ4v) is 1.31. The molecule has 0 N–H and O–H groups in total. The molecular weight excluding hydrogens is 192 g/mol. The van der Waals surface area contributed by atoms with Crippen molar-refractivity contribution in [3.8, 4) is 0 Å². The van der Waals surface area contributed by atoms with E-state index >= 15 is 0 Å². The molecule has 4 heteroatoms. The van der Waals surface area contributed by atoms with Crippen molar-refractivity contribution in [1.29, 1.82) is 0 Å². The van der Waals surface area contributed by atoms with Gasteiger partial charge in [-0.15, -0.1) is 0 Å². The molecule has 2 aromatic rings. The standard InChI is InChI=1S/C11H8N2O2/c14-13(15)8-7-10-6-5-9-3-1-2-4-11(9)12-10/h1-8H/b8-7-. The van der Waals surface area contributed by atoms with Crippen molar-refractivity contribution < 1.29 is 4.92 Å². The van der Waals surface area contributed by atoms with Gasteiger partial charge in [0.1, 0.15) is 0 Å². The molecular formula is C11H8N2O2. The summed E-state index contributed by atoms with van der Waals surface area (Å²) in [6.45, 7) is 0. The van der Waals surface area contributed by atoms with Crippen LogP contribution in [0.3, 0.4) is 0 Å². The number of aromatic nitrogens is 1. The highest BCUT2D eigenvalue weighted by Gasteiger charge is 1.95. The fraction of sp³-hybridized carbons (Fsp3) is 0. The van der Waals surface area contributed by atoms with Crippen LogP contribution in [0.5, 0.6) is 0 Å². The minimum Gasteiger partial charge on any atom is -0.259 e. The second-order valence-electron chi connectivity index (χ2n) is 3.03. The molecule has 15 heavy (non-hydrogen) atoms. The Labute approximate surface area is 86.0 Å². The summed E-state index contributed by atoms with van der Waals surface area (Å²) in [4.78, 5) is 13.9. The molecule has 0 radical (unpaired) electrons. The Morgan fingerprint density at radius 1 is 1.20 bits per heavy atom. The molecule has 0 atom stereocenters. The van der Waals surface area contributed by atoms with Crippen molar-refractivity contribution in [1.82, 2.24) is 4.98 Å². The second kappa shape index (κ2) is 3.88. The van der Waals surface area contributed by atoms with E-state index in [4.69, 9.17) is 0 Å². The first-order valence-electron chi connectivity index (χ1n) is 4.43. The molecule has 2 rings (SSSR count). The molecule has 0 fully saturated rings. The maximum Gasteiger partial charge on any atom is 0.236 e. The van der Waals surface area contributed by atoms with E-state index in [1.54, 1.807) is 6.07 Å². The number of hydrogen-bond donors (Lipinski definition) is 0. The summed E-state index contributed by atoms with van der Waals surface area (Å²) in [5.74, 6) is 0. The van der Waals surface area contributed by atoms with Crippen LogP contribution in [-0.2, 0) is 0 Å². The van der Waals surface area contributed by atoms with Crippen LogP contribution < -0.4 is 0 Å². The van der Waals surface area contributed by atoms with E-state index in [1.807, 2.05) is 30.3 Å². The van der Waals surface area contributed by atoms with Crippen LogP contribution in [0.4, 0.5) is 0 Å². The normalized spacial score (nSPS) is 10.9. The fourth-order valence-electron chi connectivity index (χ4n) is 1.31. The molecule has 0 unspecified atom stereocenters. The molecule has 0 saturated carbocycles. The van der Waals surface area contributed by atoms with Gasteiger partial charge in [-0.1, -0.05) is 24.3 Å². The Morgan fingerprint density at radius 3 is 2.80 bits per heavy atom. The zero-order valence-corrected chi connectivity index (χ0v) is 7.83. The van der Waals surface area contributed by atoms with Crippen molar-refractivity contribution in [3.05, 3.63) is 58.4 Å². The lowest BCUT2D eigenvalue weighted by molar-refractivity contribution is -0.401. The van der Waals surface area contributed by atoms with Crippen molar-refractivity contribution in [2.45, 2.75) is 0 Å². The summed E-state index contributed by atoms with van der Waals surface area (Å²) in [5.41, 5.74) is 1.42. The van der Waals surface area contributed by atoms with Crippen LogP contribution in [0.2, 0.25) is 0 Å². The Bertz CT molecular complexity index is 535. The molecule has 0 amide bonds. The number of pyridine rings is 1. The first kappa shape index (κ1) is 9.33. The van der Waals surface area contributed by atoms with Gasteiger partial charge in [0.15, 0.2) is 0 Å². The Kier molecular flexibility index (Phi) is 2.41. The summed E-state index contributed by atoms with van der Waals surface area (Å²) in [5, 5.41) is 11.2. The summed E-state index contributed by atoms with van der Waals surface area (Å²) in [7, 11) is 0. The second-order valence-corrected chi connectivity index (χ2v) is 3.03. The molecule has 1 heterocycles. The van der Waals surface area contributed by atoms with Crippen LogP contribution in [0.25, 0.3) is 17.0 Å². The number of nitro groups is 1. The predicted molar refractivity (Wildman–Crippen MR) is 57.8 cm³/mol. The van der Waals surface area contributed by atoms with Gasteiger partial charge in [-0.3, -0.25) is 10.1 Å². The Hall–Kier alpha value is -2.23. The van der Waals surface area contributed by atoms with Gasteiger partial charge in [-0.2, -0.15) is 0 Å². The van der Waals surface area contributed by atoms with Gasteiger partial charge in [0.2, 0.25) is 6.20 Å². The topological polar surface area (TPSA) is 56.0 Å². The highest BCUT2D eigenvalue weighted by Crippen LogP contribution is 2.12. The SMILES string of the molecule is O=[N+]([O-])/C=C\c1ccc2ccccc2n1. The minimum absolute atomic E-state index is 0.503. The molecule has 0 aliphatic carbocycles. The van der Waals surface area contributed by atoms with E-state index < -0.39 is 4.92 Å². The molecule has 0 saturated heterocycles. The number of rotatable bonds is 2. The zero-order valence-electron chi connectivity index (χ0n) is 7.83. The van der Waals surface area contributed by atoms with Gasteiger partial charge in [0, 0.05) is 11.5 Å². The number of hydrogen-bond acceptors (Lipinski definition) is 3. The summed E-state index contributed by atoms with van der Waals surface area (Å²) in [6.07, 6.45) is 2.27. The summed E-state index contributed by atoms with van der Waals surface area (Å²) >= 11 is 0. The van der Waals surface area contributed by atoms with Gasteiger partial charge in [0.05, 0.1) is 16.1 Å². The lowest BCUT2D eigenvalue weighted by Gasteiger charge is -1.96. The quantitative estimate of drug-likeness (QED) is 0.552. The maximum atomic E-state index is 10.1. The number of benzene rings is 1. The smallest absolute Gasteiger partial charge is 0.236 e. The third kappa shape index (κ3) is 2.17. The van der Waals surface area contributed by atoms with E-state index in [9.17, 15) is 10.1 Å². The van der Waals surface area contributed by atoms with Crippen molar-refractivity contribution in [2.75, 3.05) is 0 Å². The monoisotopic (exact) mass is 200 g/mol. The summed E-state index contributed by atoms with van der Waals surface area (Å²) < 4.78 is 0. The van der Waals surface area contributed by atoms with Crippen molar-refractivity contribution >= 4 is 17.0 Å². The van der Waals surface area contributed by atoms with Crippen LogP contribution in [-0.4, -0.2) is 9.91 Å². The molecule has 74 valence electrons. The van der Waals surface area contributed by atoms with Crippen molar-refractivity contribution in [3.63, 3.8) is 0 Å². The van der Waals surface area contributed by atoms with Gasteiger partial charge >= 0.3 is 0 Å². The molecule has 4 nitrogen and oxygen atoms in total. The highest BCUT2D eigenvalue weighted by molar-refractivity contribution is 5.79. The zero-order chi connectivity index (χ0) is 10.7. The lowest BCUT2D eigenvalue weighted by Crippen LogP contribution is -1.85. The van der Waals surface area contributed by atoms with E-state index in [0.717, 1.165) is 17.1 Å². The van der Waals surface area contributed by atoms with Gasteiger partial charge in [0.25, 0.3) is 0 Å². The number of fused-ring (bicyclic) bond motifs is 1. The van der Waals surface area contributed by atoms with Crippen LogP contribution in [0, 0.1) is 10.1 Å². The lowest BCUT2D eigenvalue weighted by atomic mass is 10.2. The first-order valence-corrected chi connectivity index (χ1v) is 4.43. The molecule has 0 aliphatic heterocycles. The largest absolute Gasteiger partial charge is 0.259 e. The number of nitrogens with zero attached hydrogens (tertiary/aromatic N) is 2. The van der Waals surface area contributed by atoms with Gasteiger partial charge in [-0.25, -0.2) is 4.98 Å². The Balaban J connectivity index is 2.43. The first-order chi connectivity index (χ1) is 7.25. The molecule has 0 aliphatic rings. The molecule has 1 aromatic heterocycles. The van der Waals surface area contributed by atoms with Crippen LogP contribution in [0.15, 0.2) is 42.6 Å². The summed E-state index contributed by atoms with van der Waals surface area (Å²) in [6, 6.07) is 11.3. The van der Waals surface area contributed by atoms with E-state index in [2.05, 4.69) is 4.98 Å². The molecule has 0 bridgehead atoms. The Morgan fingerprint density at radius 2 is 2.00 bits per heavy atom. The third-order valence-electron chi connectivity index (χ3n) is 1.99.